The zero-order valence-corrected chi connectivity index (χ0v) is 12.7. The van der Waals surface area contributed by atoms with E-state index in [1.807, 2.05) is 18.5 Å². The Morgan fingerprint density at radius 1 is 1.14 bits per heavy atom. The summed E-state index contributed by atoms with van der Waals surface area (Å²) in [5, 5.41) is 1.30. The summed E-state index contributed by atoms with van der Waals surface area (Å²) in [6.07, 6.45) is 7.70. The van der Waals surface area contributed by atoms with Crippen LogP contribution in [0.3, 0.4) is 0 Å². The predicted molar refractivity (Wildman–Crippen MR) is 89.5 cm³/mol. The first-order valence-electron chi connectivity index (χ1n) is 8.11. The van der Waals surface area contributed by atoms with E-state index in [1.165, 1.54) is 41.4 Å². The van der Waals surface area contributed by atoms with Gasteiger partial charge < -0.3 is 4.98 Å². The minimum atomic E-state index is 0.494. The molecule has 0 unspecified atom stereocenters. The molecule has 0 amide bonds. The molecule has 1 saturated heterocycles. The molecule has 1 fully saturated rings. The van der Waals surface area contributed by atoms with Crippen LogP contribution in [0.1, 0.15) is 36.6 Å². The van der Waals surface area contributed by atoms with E-state index in [9.17, 15) is 0 Å². The monoisotopic (exact) mass is 291 g/mol. The molecule has 3 heteroatoms. The minimum absolute atomic E-state index is 0.494. The first kappa shape index (κ1) is 13.5. The van der Waals surface area contributed by atoms with E-state index in [0.29, 0.717) is 6.04 Å². The Hall–Kier alpha value is -2.13. The van der Waals surface area contributed by atoms with Crippen LogP contribution in [0.4, 0.5) is 0 Å². The van der Waals surface area contributed by atoms with Gasteiger partial charge in [-0.05, 0) is 48.5 Å². The third kappa shape index (κ3) is 2.64. The van der Waals surface area contributed by atoms with Crippen LogP contribution in [0.25, 0.3) is 10.9 Å². The highest BCUT2D eigenvalue weighted by Crippen LogP contribution is 2.31. The summed E-state index contributed by atoms with van der Waals surface area (Å²) in [6, 6.07) is 15.5. The highest BCUT2D eigenvalue weighted by Gasteiger charge is 2.24. The van der Waals surface area contributed by atoms with Crippen LogP contribution < -0.4 is 0 Å². The molecule has 1 atom stereocenters. The van der Waals surface area contributed by atoms with Gasteiger partial charge in [0.25, 0.3) is 0 Å². The lowest BCUT2D eigenvalue weighted by atomic mass is 9.96. The first-order valence-corrected chi connectivity index (χ1v) is 8.11. The van der Waals surface area contributed by atoms with Crippen molar-refractivity contribution in [3.8, 4) is 0 Å². The standard InChI is InChI=1S/C19H21N3/c1-2-8-18-15(6-1)12-17(21-18)14-22-11-4-3-9-19(22)16-7-5-10-20-13-16/h1-2,5-8,10,12-13,19,21H,3-4,9,11,14H2/t19-/m0/s1. The average molecular weight is 291 g/mol. The van der Waals surface area contributed by atoms with E-state index in [0.717, 1.165) is 13.1 Å². The van der Waals surface area contributed by atoms with E-state index >= 15 is 0 Å². The van der Waals surface area contributed by atoms with Crippen molar-refractivity contribution < 1.29 is 0 Å². The lowest BCUT2D eigenvalue weighted by Crippen LogP contribution is -2.33. The summed E-state index contributed by atoms with van der Waals surface area (Å²) in [6.45, 7) is 2.14. The van der Waals surface area contributed by atoms with Crippen LogP contribution in [0, 0.1) is 0 Å². The van der Waals surface area contributed by atoms with Crippen molar-refractivity contribution in [2.24, 2.45) is 0 Å². The molecular weight excluding hydrogens is 270 g/mol. The van der Waals surface area contributed by atoms with Crippen LogP contribution in [0.2, 0.25) is 0 Å². The third-order valence-corrected chi connectivity index (χ3v) is 4.64. The average Bonchev–Trinajstić information content (AvgIpc) is 2.98. The zero-order chi connectivity index (χ0) is 14.8. The van der Waals surface area contributed by atoms with Crippen LogP contribution in [-0.2, 0) is 6.54 Å². The smallest absolute Gasteiger partial charge is 0.0456 e. The molecule has 0 spiro atoms. The van der Waals surface area contributed by atoms with Crippen molar-refractivity contribution in [1.29, 1.82) is 0 Å². The topological polar surface area (TPSA) is 31.9 Å². The Labute approximate surface area is 131 Å². The molecule has 1 aliphatic heterocycles. The number of nitrogens with one attached hydrogen (secondary N) is 1. The summed E-state index contributed by atoms with van der Waals surface area (Å²) in [4.78, 5) is 10.4. The summed E-state index contributed by atoms with van der Waals surface area (Å²) >= 11 is 0. The molecule has 112 valence electrons. The normalized spacial score (nSPS) is 19.5. The van der Waals surface area contributed by atoms with Crippen molar-refractivity contribution in [1.82, 2.24) is 14.9 Å². The van der Waals surface area contributed by atoms with Gasteiger partial charge in [-0.15, -0.1) is 0 Å². The first-order chi connectivity index (χ1) is 10.9. The number of para-hydroxylation sites is 1. The van der Waals surface area contributed by atoms with Crippen LogP contribution >= 0.6 is 0 Å². The maximum absolute atomic E-state index is 4.30. The van der Waals surface area contributed by atoms with Crippen molar-refractivity contribution in [3.63, 3.8) is 0 Å². The molecule has 0 saturated carbocycles. The molecule has 3 nitrogen and oxygen atoms in total. The van der Waals surface area contributed by atoms with Crippen molar-refractivity contribution >= 4 is 10.9 Å². The van der Waals surface area contributed by atoms with Gasteiger partial charge in [0.1, 0.15) is 0 Å². The Bertz CT molecular complexity index is 714. The third-order valence-electron chi connectivity index (χ3n) is 4.64. The van der Waals surface area contributed by atoms with Crippen molar-refractivity contribution in [3.05, 3.63) is 66.1 Å². The van der Waals surface area contributed by atoms with Crippen LogP contribution in [-0.4, -0.2) is 21.4 Å². The van der Waals surface area contributed by atoms with E-state index in [-0.39, 0.29) is 0 Å². The molecule has 2 aromatic heterocycles. The number of fused-ring (bicyclic) bond motifs is 1. The lowest BCUT2D eigenvalue weighted by molar-refractivity contribution is 0.139. The molecule has 0 radical (unpaired) electrons. The summed E-state index contributed by atoms with van der Waals surface area (Å²) in [7, 11) is 0. The summed E-state index contributed by atoms with van der Waals surface area (Å²) < 4.78 is 0. The number of nitrogens with zero attached hydrogens (tertiary/aromatic N) is 2. The zero-order valence-electron chi connectivity index (χ0n) is 12.7. The van der Waals surface area contributed by atoms with Gasteiger partial charge in [0.05, 0.1) is 0 Å². The van der Waals surface area contributed by atoms with Crippen LogP contribution in [0.5, 0.6) is 0 Å². The number of pyridine rings is 1. The fourth-order valence-electron chi connectivity index (χ4n) is 3.57. The second kappa shape index (κ2) is 5.93. The predicted octanol–water partition coefficient (Wildman–Crippen LogP) is 4.29. The van der Waals surface area contributed by atoms with Crippen molar-refractivity contribution in [2.45, 2.75) is 31.8 Å². The number of piperidine rings is 1. The highest BCUT2D eigenvalue weighted by molar-refractivity contribution is 5.80. The van der Waals surface area contributed by atoms with Crippen LogP contribution in [0.15, 0.2) is 54.9 Å². The highest BCUT2D eigenvalue weighted by atomic mass is 15.2. The summed E-state index contributed by atoms with van der Waals surface area (Å²) in [5.74, 6) is 0. The van der Waals surface area contributed by atoms with Gasteiger partial charge >= 0.3 is 0 Å². The molecule has 0 aliphatic carbocycles. The summed E-state index contributed by atoms with van der Waals surface area (Å²) in [5.41, 5.74) is 3.88. The molecule has 4 rings (SSSR count). The fraction of sp³-hybridized carbons (Fsp3) is 0.316. The van der Waals surface area contributed by atoms with Gasteiger partial charge in [-0.2, -0.15) is 0 Å². The number of benzene rings is 1. The molecular formula is C19H21N3. The Kier molecular flexibility index (Phi) is 3.65. The second-order valence-corrected chi connectivity index (χ2v) is 6.15. The quantitative estimate of drug-likeness (QED) is 0.780. The molecule has 1 aromatic carbocycles. The Balaban J connectivity index is 1.59. The largest absolute Gasteiger partial charge is 0.357 e. The number of rotatable bonds is 3. The second-order valence-electron chi connectivity index (χ2n) is 6.15. The maximum atomic E-state index is 4.30. The minimum Gasteiger partial charge on any atom is -0.357 e. The molecule has 3 heterocycles. The van der Waals surface area contributed by atoms with Gasteiger partial charge in [-0.3, -0.25) is 9.88 Å². The maximum Gasteiger partial charge on any atom is 0.0456 e. The van der Waals surface area contributed by atoms with E-state index < -0.39 is 0 Å². The number of aromatic amines is 1. The van der Waals surface area contributed by atoms with Gasteiger partial charge in [0.2, 0.25) is 0 Å². The number of hydrogen-bond acceptors (Lipinski definition) is 2. The Morgan fingerprint density at radius 2 is 2.09 bits per heavy atom. The SMILES string of the molecule is c1cncc([C@@H]2CCCCN2Cc2cc3ccccc3[nH]2)c1. The number of aromatic nitrogens is 2. The van der Waals surface area contributed by atoms with Gasteiger partial charge in [0.15, 0.2) is 0 Å². The van der Waals surface area contributed by atoms with E-state index in [2.05, 4.69) is 51.3 Å². The number of H-pyrrole nitrogens is 1. The molecule has 3 aromatic rings. The number of likely N-dealkylation sites (tertiary alicyclic amines) is 1. The fourth-order valence-corrected chi connectivity index (χ4v) is 3.57. The van der Waals surface area contributed by atoms with Gasteiger partial charge in [-0.25, -0.2) is 0 Å². The van der Waals surface area contributed by atoms with Gasteiger partial charge in [0, 0.05) is 36.2 Å². The lowest BCUT2D eigenvalue weighted by Gasteiger charge is -2.35. The Morgan fingerprint density at radius 3 is 2.95 bits per heavy atom. The van der Waals surface area contributed by atoms with E-state index in [4.69, 9.17) is 0 Å². The van der Waals surface area contributed by atoms with Crippen molar-refractivity contribution in [2.75, 3.05) is 6.54 Å². The van der Waals surface area contributed by atoms with Gasteiger partial charge in [-0.1, -0.05) is 30.7 Å². The molecule has 1 N–H and O–H groups in total. The molecule has 22 heavy (non-hydrogen) atoms. The number of hydrogen-bond donors (Lipinski definition) is 1. The van der Waals surface area contributed by atoms with E-state index in [1.54, 1.807) is 0 Å². The molecule has 1 aliphatic rings. The molecule has 0 bridgehead atoms.